The summed E-state index contributed by atoms with van der Waals surface area (Å²) < 4.78 is 37.0. The maximum atomic E-state index is 13.3. The number of carbonyl (C=O) groups is 1. The SMILES string of the molecule is CCCCN(C(=O)CC1CCCCC1)C1CCN(Cc2ccc(Oc3ccc(CS(=O)(=O)O)cc3)cc2)CC1.Cl. The molecule has 1 heterocycles. The molecule has 40 heavy (non-hydrogen) atoms. The van der Waals surface area contributed by atoms with Crippen LogP contribution in [0.1, 0.15) is 82.3 Å². The highest BCUT2D eigenvalue weighted by Gasteiger charge is 2.29. The van der Waals surface area contributed by atoms with Crippen molar-refractivity contribution in [3.8, 4) is 11.5 Å². The lowest BCUT2D eigenvalue weighted by Crippen LogP contribution is -2.48. The Labute approximate surface area is 246 Å². The van der Waals surface area contributed by atoms with Crippen molar-refractivity contribution in [2.45, 2.75) is 89.5 Å². The second kappa shape index (κ2) is 15.8. The average molecular weight is 593 g/mol. The minimum Gasteiger partial charge on any atom is -0.457 e. The molecule has 0 radical (unpaired) electrons. The van der Waals surface area contributed by atoms with E-state index in [2.05, 4.69) is 28.9 Å². The fraction of sp³-hybridized carbons (Fsp3) is 0.581. The number of likely N-dealkylation sites (tertiary alicyclic amines) is 1. The number of nitrogens with zero attached hydrogens (tertiary/aromatic N) is 2. The van der Waals surface area contributed by atoms with Crippen LogP contribution in [0.25, 0.3) is 0 Å². The van der Waals surface area contributed by atoms with Crippen LogP contribution in [0.15, 0.2) is 48.5 Å². The highest BCUT2D eigenvalue weighted by molar-refractivity contribution is 7.85. The topological polar surface area (TPSA) is 87.2 Å². The summed E-state index contributed by atoms with van der Waals surface area (Å²) in [5, 5.41) is 0. The van der Waals surface area contributed by atoms with Crippen LogP contribution in [0.2, 0.25) is 0 Å². The molecule has 1 N–H and O–H groups in total. The molecule has 0 bridgehead atoms. The molecule has 1 aliphatic carbocycles. The van der Waals surface area contributed by atoms with Crippen LogP contribution >= 0.6 is 12.4 Å². The molecular weight excluding hydrogens is 548 g/mol. The second-order valence-corrected chi connectivity index (χ2v) is 12.7. The molecule has 0 unspecified atom stereocenters. The van der Waals surface area contributed by atoms with Gasteiger partial charge in [0.2, 0.25) is 5.91 Å². The average Bonchev–Trinajstić information content (AvgIpc) is 2.92. The normalized spacial score (nSPS) is 17.2. The lowest BCUT2D eigenvalue weighted by molar-refractivity contribution is -0.136. The Morgan fingerprint density at radius 3 is 2.05 bits per heavy atom. The van der Waals surface area contributed by atoms with Crippen LogP contribution in [0, 0.1) is 5.92 Å². The van der Waals surface area contributed by atoms with Gasteiger partial charge < -0.3 is 9.64 Å². The van der Waals surface area contributed by atoms with Gasteiger partial charge in [0.1, 0.15) is 17.3 Å². The van der Waals surface area contributed by atoms with Crippen molar-refractivity contribution < 1.29 is 22.5 Å². The highest BCUT2D eigenvalue weighted by Crippen LogP contribution is 2.29. The first-order chi connectivity index (χ1) is 18.8. The van der Waals surface area contributed by atoms with Gasteiger partial charge in [-0.15, -0.1) is 12.4 Å². The largest absolute Gasteiger partial charge is 0.457 e. The van der Waals surface area contributed by atoms with E-state index in [1.807, 2.05) is 12.1 Å². The number of halogens is 1. The Bertz CT molecular complexity index is 1140. The van der Waals surface area contributed by atoms with E-state index in [1.54, 1.807) is 24.3 Å². The van der Waals surface area contributed by atoms with Gasteiger partial charge in [-0.05, 0) is 73.4 Å². The molecule has 2 aliphatic rings. The summed E-state index contributed by atoms with van der Waals surface area (Å²) in [7, 11) is -4.05. The Morgan fingerprint density at radius 1 is 0.925 bits per heavy atom. The van der Waals surface area contributed by atoms with Crippen molar-refractivity contribution in [3.05, 3.63) is 59.7 Å². The maximum Gasteiger partial charge on any atom is 0.269 e. The molecule has 1 aliphatic heterocycles. The van der Waals surface area contributed by atoms with Gasteiger partial charge in [-0.1, -0.05) is 56.9 Å². The number of piperidine rings is 1. The monoisotopic (exact) mass is 592 g/mol. The zero-order chi connectivity index (χ0) is 27.7. The quantitative estimate of drug-likeness (QED) is 0.271. The smallest absolute Gasteiger partial charge is 0.269 e. The molecule has 2 aromatic rings. The number of unbranched alkanes of at least 4 members (excludes halogenated alkanes) is 1. The standard InChI is InChI=1S/C31H44N2O5S.ClH/c1-2-3-19-33(31(34)22-25-7-5-4-6-8-25)28-17-20-32(21-18-28)23-26-9-13-29(14-10-26)38-30-15-11-27(12-16-30)24-39(35,36)37;/h9-16,25,28H,2-8,17-24H2,1H3,(H,35,36,37);1H. The van der Waals surface area contributed by atoms with Crippen molar-refractivity contribution >= 4 is 28.4 Å². The van der Waals surface area contributed by atoms with Gasteiger partial charge >= 0.3 is 0 Å². The van der Waals surface area contributed by atoms with Crippen LogP contribution < -0.4 is 4.74 Å². The minimum absolute atomic E-state index is 0. The third kappa shape index (κ3) is 10.4. The zero-order valence-electron chi connectivity index (χ0n) is 23.7. The van der Waals surface area contributed by atoms with E-state index in [-0.39, 0.29) is 12.4 Å². The Morgan fingerprint density at radius 2 is 1.50 bits per heavy atom. The Hall–Kier alpha value is -2.13. The summed E-state index contributed by atoms with van der Waals surface area (Å²) >= 11 is 0. The van der Waals surface area contributed by atoms with E-state index >= 15 is 0 Å². The lowest BCUT2D eigenvalue weighted by Gasteiger charge is -2.39. The number of hydrogen-bond acceptors (Lipinski definition) is 5. The number of carbonyl (C=O) groups excluding carboxylic acids is 1. The minimum atomic E-state index is -4.05. The molecule has 1 amide bonds. The number of rotatable bonds is 12. The maximum absolute atomic E-state index is 13.3. The molecule has 4 rings (SSSR count). The van der Waals surface area contributed by atoms with Crippen LogP contribution in [0.5, 0.6) is 11.5 Å². The summed E-state index contributed by atoms with van der Waals surface area (Å²) in [6.07, 6.45) is 11.4. The molecule has 0 atom stereocenters. The number of ether oxygens (including phenoxy) is 1. The van der Waals surface area contributed by atoms with E-state index in [9.17, 15) is 13.2 Å². The number of hydrogen-bond donors (Lipinski definition) is 1. The predicted molar refractivity (Wildman–Crippen MR) is 162 cm³/mol. The van der Waals surface area contributed by atoms with Gasteiger partial charge in [0.05, 0.1) is 0 Å². The van der Waals surface area contributed by atoms with Crippen molar-refractivity contribution in [1.82, 2.24) is 9.80 Å². The summed E-state index contributed by atoms with van der Waals surface area (Å²) in [5.41, 5.74) is 1.73. The Balaban J connectivity index is 0.00000441. The third-order valence-electron chi connectivity index (χ3n) is 8.10. The molecule has 7 nitrogen and oxygen atoms in total. The van der Waals surface area contributed by atoms with Crippen LogP contribution in [0.4, 0.5) is 0 Å². The number of benzene rings is 2. The number of amides is 1. The first-order valence-electron chi connectivity index (χ1n) is 14.6. The fourth-order valence-electron chi connectivity index (χ4n) is 5.91. The van der Waals surface area contributed by atoms with E-state index in [1.165, 1.54) is 37.7 Å². The molecule has 9 heteroatoms. The van der Waals surface area contributed by atoms with E-state index < -0.39 is 15.9 Å². The highest BCUT2D eigenvalue weighted by atomic mass is 35.5. The van der Waals surface area contributed by atoms with E-state index in [4.69, 9.17) is 9.29 Å². The van der Waals surface area contributed by atoms with E-state index in [0.29, 0.717) is 34.9 Å². The van der Waals surface area contributed by atoms with Crippen molar-refractivity contribution in [3.63, 3.8) is 0 Å². The van der Waals surface area contributed by atoms with Gasteiger partial charge in [-0.25, -0.2) is 0 Å². The van der Waals surface area contributed by atoms with Crippen LogP contribution in [0.3, 0.4) is 0 Å². The fourth-order valence-corrected chi connectivity index (χ4v) is 6.52. The first kappa shape index (κ1) is 32.4. The van der Waals surface area contributed by atoms with Crippen molar-refractivity contribution in [2.24, 2.45) is 5.92 Å². The van der Waals surface area contributed by atoms with Crippen LogP contribution in [-0.4, -0.2) is 54.4 Å². The molecule has 1 saturated carbocycles. The predicted octanol–water partition coefficient (Wildman–Crippen LogP) is 6.85. The van der Waals surface area contributed by atoms with Crippen molar-refractivity contribution in [2.75, 3.05) is 19.6 Å². The molecule has 1 saturated heterocycles. The molecule has 222 valence electrons. The first-order valence-corrected chi connectivity index (χ1v) is 16.2. The van der Waals surface area contributed by atoms with Gasteiger partial charge in [0.25, 0.3) is 10.1 Å². The summed E-state index contributed by atoms with van der Waals surface area (Å²) in [6, 6.07) is 15.1. The van der Waals surface area contributed by atoms with Gasteiger partial charge in [0, 0.05) is 38.6 Å². The molecule has 2 aromatic carbocycles. The molecule has 0 spiro atoms. The molecule has 0 aromatic heterocycles. The van der Waals surface area contributed by atoms with E-state index in [0.717, 1.165) is 58.3 Å². The van der Waals surface area contributed by atoms with Crippen LogP contribution in [-0.2, 0) is 27.2 Å². The second-order valence-electron chi connectivity index (χ2n) is 11.3. The van der Waals surface area contributed by atoms with Gasteiger partial charge in [-0.2, -0.15) is 8.42 Å². The third-order valence-corrected chi connectivity index (χ3v) is 8.79. The zero-order valence-corrected chi connectivity index (χ0v) is 25.3. The van der Waals surface area contributed by atoms with Gasteiger partial charge in [-0.3, -0.25) is 14.2 Å². The summed E-state index contributed by atoms with van der Waals surface area (Å²) in [5.74, 6) is 1.88. The Kier molecular flexibility index (Phi) is 12.8. The lowest BCUT2D eigenvalue weighted by atomic mass is 9.86. The molecular formula is C31H45ClN2O5S. The van der Waals surface area contributed by atoms with Gasteiger partial charge in [0.15, 0.2) is 0 Å². The summed E-state index contributed by atoms with van der Waals surface area (Å²) in [4.78, 5) is 18.0. The molecule has 2 fully saturated rings. The van der Waals surface area contributed by atoms with Crippen molar-refractivity contribution in [1.29, 1.82) is 0 Å². The summed E-state index contributed by atoms with van der Waals surface area (Å²) in [6.45, 7) is 5.97.